The molecule has 0 saturated carbocycles. The highest BCUT2D eigenvalue weighted by Gasteiger charge is 2.32. The zero-order chi connectivity index (χ0) is 19.7. The average Bonchev–Trinajstić information content (AvgIpc) is 3.32. The van der Waals surface area contributed by atoms with Gasteiger partial charge in [-0.2, -0.15) is 5.10 Å². The zero-order valence-corrected chi connectivity index (χ0v) is 18.4. The van der Waals surface area contributed by atoms with Gasteiger partial charge < -0.3 is 11.2 Å². The minimum absolute atomic E-state index is 0.0163. The Bertz CT molecular complexity index is 911. The first kappa shape index (κ1) is 19.6. The van der Waals surface area contributed by atoms with Crippen molar-refractivity contribution in [3.8, 4) is 0 Å². The monoisotopic (exact) mass is 477 g/mol. The molecular weight excluding hydrogens is 458 g/mol. The van der Waals surface area contributed by atoms with Gasteiger partial charge in [-0.25, -0.2) is 5.01 Å². The van der Waals surface area contributed by atoms with Gasteiger partial charge in [0.1, 0.15) is 4.99 Å². The number of benzene rings is 2. The molecule has 2 aliphatic rings. The Hall–Kier alpha value is -1.67. The summed E-state index contributed by atoms with van der Waals surface area (Å²) in [5, 5.41) is 9.55. The standard InChI is InChI=1S/C20H21BrClN5S/c21-14-5-3-13(4-6-14)19-12-17(20(28)25-26-9-1-2-10-26)24-27(19)18-8-7-15(23)11-16(18)22/h3-8,11,19H,1-2,9-10,12,23H2,(H,25,28). The number of hydrazine groups is 1. The molecule has 1 saturated heterocycles. The minimum Gasteiger partial charge on any atom is -0.399 e. The molecule has 28 heavy (non-hydrogen) atoms. The number of halogens is 2. The first-order valence-corrected chi connectivity index (χ1v) is 10.8. The van der Waals surface area contributed by atoms with Gasteiger partial charge >= 0.3 is 0 Å². The number of thiocarbonyl (C=S) groups is 1. The number of hydrogen-bond donors (Lipinski definition) is 2. The number of rotatable bonds is 4. The Kier molecular flexibility index (Phi) is 5.87. The molecule has 0 aromatic heterocycles. The Labute approximate surface area is 183 Å². The average molecular weight is 479 g/mol. The van der Waals surface area contributed by atoms with Crippen molar-refractivity contribution in [2.75, 3.05) is 23.8 Å². The highest BCUT2D eigenvalue weighted by atomic mass is 79.9. The van der Waals surface area contributed by atoms with E-state index < -0.39 is 0 Å². The van der Waals surface area contributed by atoms with Crippen LogP contribution in [0.5, 0.6) is 0 Å². The lowest BCUT2D eigenvalue weighted by molar-refractivity contribution is 0.299. The first-order valence-electron chi connectivity index (χ1n) is 9.24. The summed E-state index contributed by atoms with van der Waals surface area (Å²) in [6.07, 6.45) is 3.09. The molecule has 1 atom stereocenters. The predicted octanol–water partition coefficient (Wildman–Crippen LogP) is 4.92. The van der Waals surface area contributed by atoms with Crippen LogP contribution in [0.2, 0.25) is 5.02 Å². The van der Waals surface area contributed by atoms with E-state index in [1.807, 2.05) is 29.3 Å². The minimum atomic E-state index is 0.0163. The van der Waals surface area contributed by atoms with E-state index in [1.165, 1.54) is 12.8 Å². The molecule has 0 aliphatic carbocycles. The number of nitrogens with one attached hydrogen (secondary N) is 1. The van der Waals surface area contributed by atoms with Gasteiger partial charge in [0.15, 0.2) is 0 Å². The van der Waals surface area contributed by atoms with E-state index >= 15 is 0 Å². The summed E-state index contributed by atoms with van der Waals surface area (Å²) in [5.41, 5.74) is 12.7. The van der Waals surface area contributed by atoms with Crippen molar-refractivity contribution in [3.63, 3.8) is 0 Å². The van der Waals surface area contributed by atoms with Gasteiger partial charge in [0, 0.05) is 29.7 Å². The highest BCUT2D eigenvalue weighted by molar-refractivity contribution is 9.10. The van der Waals surface area contributed by atoms with Crippen molar-refractivity contribution in [2.24, 2.45) is 5.10 Å². The third kappa shape index (κ3) is 4.17. The third-order valence-corrected chi connectivity index (χ3v) is 6.17. The summed E-state index contributed by atoms with van der Waals surface area (Å²) in [6, 6.07) is 13.8. The van der Waals surface area contributed by atoms with Gasteiger partial charge in [-0.15, -0.1) is 0 Å². The van der Waals surface area contributed by atoms with Crippen LogP contribution in [0.15, 0.2) is 52.0 Å². The summed E-state index contributed by atoms with van der Waals surface area (Å²) in [5.74, 6) is 0. The molecule has 3 N–H and O–H groups in total. The molecule has 0 spiro atoms. The second-order valence-electron chi connectivity index (χ2n) is 7.01. The molecule has 8 heteroatoms. The Morgan fingerprint density at radius 1 is 1.18 bits per heavy atom. The van der Waals surface area contributed by atoms with Crippen molar-refractivity contribution in [1.82, 2.24) is 10.4 Å². The maximum absolute atomic E-state index is 6.50. The maximum atomic E-state index is 6.50. The van der Waals surface area contributed by atoms with Crippen LogP contribution in [-0.2, 0) is 0 Å². The first-order chi connectivity index (χ1) is 13.5. The lowest BCUT2D eigenvalue weighted by Gasteiger charge is -2.25. The van der Waals surface area contributed by atoms with Crippen LogP contribution in [0.3, 0.4) is 0 Å². The molecule has 2 aliphatic heterocycles. The molecule has 146 valence electrons. The predicted molar refractivity (Wildman–Crippen MR) is 124 cm³/mol. The molecular formula is C20H21BrClN5S. The molecule has 2 aromatic carbocycles. The molecule has 0 amide bonds. The van der Waals surface area contributed by atoms with E-state index in [-0.39, 0.29) is 6.04 Å². The molecule has 5 nitrogen and oxygen atoms in total. The second kappa shape index (κ2) is 8.37. The Balaban J connectivity index is 1.65. The lowest BCUT2D eigenvalue weighted by Crippen LogP contribution is -2.42. The number of hydrazone groups is 1. The van der Waals surface area contributed by atoms with Gasteiger partial charge in [0.05, 0.1) is 22.5 Å². The maximum Gasteiger partial charge on any atom is 0.137 e. The van der Waals surface area contributed by atoms with E-state index in [0.29, 0.717) is 22.1 Å². The van der Waals surface area contributed by atoms with E-state index in [4.69, 9.17) is 34.7 Å². The quantitative estimate of drug-likeness (QED) is 0.482. The molecule has 1 unspecified atom stereocenters. The van der Waals surface area contributed by atoms with Gasteiger partial charge in [0.2, 0.25) is 0 Å². The number of nitrogens with two attached hydrogens (primary N) is 1. The van der Waals surface area contributed by atoms with Crippen molar-refractivity contribution >= 4 is 61.8 Å². The van der Waals surface area contributed by atoms with E-state index in [9.17, 15) is 0 Å². The van der Waals surface area contributed by atoms with Gasteiger partial charge in [0.25, 0.3) is 0 Å². The Morgan fingerprint density at radius 3 is 2.57 bits per heavy atom. The van der Waals surface area contributed by atoms with Crippen LogP contribution in [0.1, 0.15) is 30.9 Å². The summed E-state index contributed by atoms with van der Waals surface area (Å²) in [7, 11) is 0. The third-order valence-electron chi connectivity index (χ3n) is 5.01. The van der Waals surface area contributed by atoms with Crippen LogP contribution in [0.4, 0.5) is 11.4 Å². The molecule has 0 radical (unpaired) electrons. The molecule has 4 rings (SSSR count). The zero-order valence-electron chi connectivity index (χ0n) is 15.2. The Morgan fingerprint density at radius 2 is 1.89 bits per heavy atom. The number of anilines is 2. The van der Waals surface area contributed by atoms with E-state index in [0.717, 1.165) is 34.5 Å². The van der Waals surface area contributed by atoms with Crippen LogP contribution in [-0.4, -0.2) is 28.8 Å². The highest BCUT2D eigenvalue weighted by Crippen LogP contribution is 2.39. The fourth-order valence-corrected chi connectivity index (χ4v) is 4.35. The lowest BCUT2D eigenvalue weighted by atomic mass is 10.0. The molecule has 1 fully saturated rings. The topological polar surface area (TPSA) is 56.9 Å². The van der Waals surface area contributed by atoms with Gasteiger partial charge in [-0.05, 0) is 48.7 Å². The summed E-state index contributed by atoms with van der Waals surface area (Å²) >= 11 is 15.7. The molecule has 0 bridgehead atoms. The number of hydrogen-bond acceptors (Lipinski definition) is 5. The van der Waals surface area contributed by atoms with Crippen molar-refractivity contribution in [3.05, 3.63) is 57.5 Å². The van der Waals surface area contributed by atoms with Crippen LogP contribution in [0.25, 0.3) is 0 Å². The van der Waals surface area contributed by atoms with Crippen LogP contribution < -0.4 is 16.2 Å². The van der Waals surface area contributed by atoms with Crippen LogP contribution in [0, 0.1) is 0 Å². The normalized spacial score (nSPS) is 19.7. The largest absolute Gasteiger partial charge is 0.399 e. The summed E-state index contributed by atoms with van der Waals surface area (Å²) in [6.45, 7) is 2.02. The van der Waals surface area contributed by atoms with E-state index in [1.54, 1.807) is 6.07 Å². The van der Waals surface area contributed by atoms with Crippen molar-refractivity contribution < 1.29 is 0 Å². The SMILES string of the molecule is Nc1ccc(N2N=C(C(=S)NN3CCCC3)CC2c2ccc(Br)cc2)c(Cl)c1. The molecule has 2 heterocycles. The fraction of sp³-hybridized carbons (Fsp3) is 0.300. The summed E-state index contributed by atoms with van der Waals surface area (Å²) < 4.78 is 1.04. The number of nitrogen functional groups attached to an aromatic ring is 1. The number of nitrogens with zero attached hydrogens (tertiary/aromatic N) is 3. The smallest absolute Gasteiger partial charge is 0.137 e. The van der Waals surface area contributed by atoms with Gasteiger partial charge in [-0.1, -0.05) is 51.9 Å². The fourth-order valence-electron chi connectivity index (χ4n) is 3.56. The second-order valence-corrected chi connectivity index (χ2v) is 8.74. The van der Waals surface area contributed by atoms with E-state index in [2.05, 4.69) is 38.5 Å². The van der Waals surface area contributed by atoms with Crippen molar-refractivity contribution in [1.29, 1.82) is 0 Å². The van der Waals surface area contributed by atoms with Crippen molar-refractivity contribution in [2.45, 2.75) is 25.3 Å². The van der Waals surface area contributed by atoms with Crippen LogP contribution >= 0.6 is 39.7 Å². The molecule has 2 aromatic rings. The van der Waals surface area contributed by atoms with Gasteiger partial charge in [-0.3, -0.25) is 5.01 Å². The summed E-state index contributed by atoms with van der Waals surface area (Å²) in [4.78, 5) is 0.679.